The second-order valence-corrected chi connectivity index (χ2v) is 4.72. The molecule has 84 valence electrons. The Morgan fingerprint density at radius 1 is 1.53 bits per heavy atom. The van der Waals surface area contributed by atoms with Gasteiger partial charge >= 0.3 is 0 Å². The van der Waals surface area contributed by atoms with Crippen molar-refractivity contribution in [1.82, 2.24) is 0 Å². The molecule has 1 unspecified atom stereocenters. The molecule has 0 saturated carbocycles. The maximum absolute atomic E-state index is 6.01. The minimum Gasteiger partial charge on any atom is -0.496 e. The molecule has 4 heteroatoms. The minimum absolute atomic E-state index is 0.372. The predicted octanol–water partition coefficient (Wildman–Crippen LogP) is 3.56. The second-order valence-electron chi connectivity index (χ2n) is 3.49. The van der Waals surface area contributed by atoms with Crippen LogP contribution in [0.25, 0.3) is 0 Å². The van der Waals surface area contributed by atoms with Crippen molar-refractivity contribution in [1.29, 1.82) is 0 Å². The maximum atomic E-state index is 6.01. The van der Waals surface area contributed by atoms with Crippen molar-refractivity contribution >= 4 is 27.5 Å². The van der Waals surface area contributed by atoms with Crippen molar-refractivity contribution in [3.8, 4) is 5.75 Å². The lowest BCUT2D eigenvalue weighted by Gasteiger charge is -2.15. The zero-order valence-electron chi connectivity index (χ0n) is 8.89. The monoisotopic (exact) mass is 291 g/mol. The Morgan fingerprint density at radius 3 is 2.73 bits per heavy atom. The number of halogens is 2. The molecule has 0 aliphatic heterocycles. The van der Waals surface area contributed by atoms with Crippen molar-refractivity contribution in [2.24, 2.45) is 5.73 Å². The molecule has 0 fully saturated rings. The predicted molar refractivity (Wildman–Crippen MR) is 67.8 cm³/mol. The van der Waals surface area contributed by atoms with Gasteiger partial charge in [0.2, 0.25) is 0 Å². The Labute approximate surface area is 104 Å². The number of benzene rings is 1. The molecule has 0 heterocycles. The van der Waals surface area contributed by atoms with Gasteiger partial charge in [-0.25, -0.2) is 0 Å². The van der Waals surface area contributed by atoms with Gasteiger partial charge in [-0.2, -0.15) is 0 Å². The van der Waals surface area contributed by atoms with Crippen LogP contribution in [0.3, 0.4) is 0 Å². The summed E-state index contributed by atoms with van der Waals surface area (Å²) in [6.07, 6.45) is 0.933. The van der Waals surface area contributed by atoms with Crippen LogP contribution < -0.4 is 10.5 Å². The van der Waals surface area contributed by atoms with Crippen LogP contribution in [0.1, 0.15) is 24.8 Å². The zero-order chi connectivity index (χ0) is 11.4. The summed E-state index contributed by atoms with van der Waals surface area (Å²) in [6, 6.07) is 3.75. The minimum atomic E-state index is 0.372. The lowest BCUT2D eigenvalue weighted by Crippen LogP contribution is -2.05. The molecule has 0 aromatic heterocycles. The first kappa shape index (κ1) is 12.8. The van der Waals surface area contributed by atoms with E-state index in [9.17, 15) is 0 Å². The lowest BCUT2D eigenvalue weighted by atomic mass is 9.98. The van der Waals surface area contributed by atoms with Crippen LogP contribution in [0.5, 0.6) is 5.75 Å². The average molecular weight is 293 g/mol. The Morgan fingerprint density at radius 2 is 2.20 bits per heavy atom. The maximum Gasteiger partial charge on any atom is 0.134 e. The van der Waals surface area contributed by atoms with Crippen LogP contribution in [0, 0.1) is 0 Å². The molecule has 1 atom stereocenters. The molecular weight excluding hydrogens is 277 g/mol. The largest absolute Gasteiger partial charge is 0.496 e. The molecule has 0 bridgehead atoms. The molecule has 1 rings (SSSR count). The van der Waals surface area contributed by atoms with Crippen molar-refractivity contribution < 1.29 is 4.74 Å². The molecule has 2 nitrogen and oxygen atoms in total. The number of hydrogen-bond acceptors (Lipinski definition) is 2. The highest BCUT2D eigenvalue weighted by atomic mass is 79.9. The van der Waals surface area contributed by atoms with Gasteiger partial charge in [0.1, 0.15) is 5.75 Å². The molecule has 2 N–H and O–H groups in total. The smallest absolute Gasteiger partial charge is 0.134 e. The van der Waals surface area contributed by atoms with Crippen LogP contribution in [0.2, 0.25) is 5.02 Å². The van der Waals surface area contributed by atoms with E-state index in [1.807, 2.05) is 6.07 Å². The average Bonchev–Trinajstić information content (AvgIpc) is 2.21. The highest BCUT2D eigenvalue weighted by Gasteiger charge is 2.13. The van der Waals surface area contributed by atoms with E-state index >= 15 is 0 Å². The summed E-state index contributed by atoms with van der Waals surface area (Å²) in [4.78, 5) is 0. The van der Waals surface area contributed by atoms with Gasteiger partial charge in [0.15, 0.2) is 0 Å². The fourth-order valence-electron chi connectivity index (χ4n) is 1.50. The van der Waals surface area contributed by atoms with E-state index < -0.39 is 0 Å². The number of rotatable bonds is 4. The third kappa shape index (κ3) is 3.10. The normalized spacial score (nSPS) is 12.6. The SMILES string of the molecule is COc1cc(Cl)cc(C(C)CCN)c1Br. The molecule has 0 amide bonds. The first-order valence-corrected chi connectivity index (χ1v) is 6.00. The number of methoxy groups -OCH3 is 1. The van der Waals surface area contributed by atoms with Crippen molar-refractivity contribution in [2.45, 2.75) is 19.3 Å². The first-order chi connectivity index (χ1) is 7.10. The quantitative estimate of drug-likeness (QED) is 0.921. The summed E-state index contributed by atoms with van der Waals surface area (Å²) in [5.41, 5.74) is 6.69. The molecule has 1 aromatic carbocycles. The molecule has 0 aliphatic carbocycles. The molecule has 0 aliphatic rings. The van der Waals surface area contributed by atoms with E-state index in [0.29, 0.717) is 17.5 Å². The summed E-state index contributed by atoms with van der Waals surface area (Å²) in [6.45, 7) is 2.80. The summed E-state index contributed by atoms with van der Waals surface area (Å²) < 4.78 is 6.20. The van der Waals surface area contributed by atoms with Crippen molar-refractivity contribution in [2.75, 3.05) is 13.7 Å². The topological polar surface area (TPSA) is 35.2 Å². The van der Waals surface area contributed by atoms with Gasteiger partial charge in [0, 0.05) is 5.02 Å². The molecule has 1 aromatic rings. The zero-order valence-corrected chi connectivity index (χ0v) is 11.2. The van der Waals surface area contributed by atoms with Gasteiger partial charge in [-0.1, -0.05) is 18.5 Å². The van der Waals surface area contributed by atoms with Gasteiger partial charge in [-0.15, -0.1) is 0 Å². The third-order valence-electron chi connectivity index (χ3n) is 2.38. The summed E-state index contributed by atoms with van der Waals surface area (Å²) >= 11 is 9.53. The van der Waals surface area contributed by atoms with Gasteiger partial charge in [0.05, 0.1) is 11.6 Å². The molecule has 0 saturated heterocycles. The Kier molecular flexibility index (Phi) is 4.90. The van der Waals surface area contributed by atoms with Crippen LogP contribution in [0.15, 0.2) is 16.6 Å². The van der Waals surface area contributed by atoms with Crippen LogP contribution in [-0.4, -0.2) is 13.7 Å². The lowest BCUT2D eigenvalue weighted by molar-refractivity contribution is 0.411. The van der Waals surface area contributed by atoms with Crippen LogP contribution in [-0.2, 0) is 0 Å². The fourth-order valence-corrected chi connectivity index (χ4v) is 2.50. The fraction of sp³-hybridized carbons (Fsp3) is 0.455. The van der Waals surface area contributed by atoms with Gasteiger partial charge in [0.25, 0.3) is 0 Å². The molecule has 0 spiro atoms. The van der Waals surface area contributed by atoms with Crippen molar-refractivity contribution in [3.63, 3.8) is 0 Å². The van der Waals surface area contributed by atoms with E-state index in [0.717, 1.165) is 22.2 Å². The summed E-state index contributed by atoms with van der Waals surface area (Å²) in [5, 5.41) is 0.689. The third-order valence-corrected chi connectivity index (χ3v) is 3.45. The van der Waals surface area contributed by atoms with E-state index in [-0.39, 0.29) is 0 Å². The van der Waals surface area contributed by atoms with Gasteiger partial charge in [-0.3, -0.25) is 0 Å². The van der Waals surface area contributed by atoms with Crippen LogP contribution >= 0.6 is 27.5 Å². The standard InChI is InChI=1S/C11H15BrClNO/c1-7(3-4-14)9-5-8(13)6-10(15-2)11(9)12/h5-7H,3-4,14H2,1-2H3. The Hall–Kier alpha value is -0.250. The number of ether oxygens (including phenoxy) is 1. The molecule has 15 heavy (non-hydrogen) atoms. The molecule has 0 radical (unpaired) electrons. The Balaban J connectivity index is 3.11. The highest BCUT2D eigenvalue weighted by molar-refractivity contribution is 9.10. The molecular formula is C11H15BrClNO. The van der Waals surface area contributed by atoms with Crippen molar-refractivity contribution in [3.05, 3.63) is 27.2 Å². The number of nitrogens with two attached hydrogens (primary N) is 1. The first-order valence-electron chi connectivity index (χ1n) is 4.83. The van der Waals surface area contributed by atoms with E-state index in [1.54, 1.807) is 13.2 Å². The second kappa shape index (κ2) is 5.73. The summed E-state index contributed by atoms with van der Waals surface area (Å²) in [7, 11) is 1.63. The van der Waals surface area contributed by atoms with E-state index in [2.05, 4.69) is 22.9 Å². The van der Waals surface area contributed by atoms with Gasteiger partial charge < -0.3 is 10.5 Å². The highest BCUT2D eigenvalue weighted by Crippen LogP contribution is 2.36. The van der Waals surface area contributed by atoms with E-state index in [1.165, 1.54) is 0 Å². The van der Waals surface area contributed by atoms with Crippen LogP contribution in [0.4, 0.5) is 0 Å². The van der Waals surface area contributed by atoms with E-state index in [4.69, 9.17) is 22.1 Å². The van der Waals surface area contributed by atoms with Gasteiger partial charge in [-0.05, 0) is 52.5 Å². The number of hydrogen-bond donors (Lipinski definition) is 1. The summed E-state index contributed by atoms with van der Waals surface area (Å²) in [5.74, 6) is 1.14. The Bertz CT molecular complexity index is 344.